The number of thiophene rings is 1. The first-order valence-corrected chi connectivity index (χ1v) is 5.89. The van der Waals surface area contributed by atoms with Crippen LogP contribution in [-0.2, 0) is 0 Å². The lowest BCUT2D eigenvalue weighted by Crippen LogP contribution is -2.10. The summed E-state index contributed by atoms with van der Waals surface area (Å²) in [4.78, 5) is 4.94. The Balaban J connectivity index is 0.00000162. The molecule has 18 heavy (non-hydrogen) atoms. The molecule has 0 saturated heterocycles. The molecule has 0 unspecified atom stereocenters. The van der Waals surface area contributed by atoms with Gasteiger partial charge in [-0.1, -0.05) is 0 Å². The lowest BCUT2D eigenvalue weighted by molar-refractivity contribution is 0.356. The third-order valence-corrected chi connectivity index (χ3v) is 3.64. The SMILES string of the molecule is CN=C(N)c1cc2cc(OC)c(OC)cc2s1.Cl. The number of halogens is 1. The standard InChI is InChI=1S/C12H14N2O2S.ClH/c1-14-12(13)11-5-7-4-8(15-2)9(16-3)6-10(7)17-11;/h4-6H,1-3H3,(H2,13,14);1H. The minimum absolute atomic E-state index is 0. The Morgan fingerprint density at radius 3 is 2.33 bits per heavy atom. The predicted molar refractivity (Wildman–Crippen MR) is 78.8 cm³/mol. The second-order valence-electron chi connectivity index (χ2n) is 3.46. The Labute approximate surface area is 116 Å². The molecule has 0 spiro atoms. The molecule has 4 nitrogen and oxygen atoms in total. The van der Waals surface area contributed by atoms with Gasteiger partial charge in [0.1, 0.15) is 5.84 Å². The van der Waals surface area contributed by atoms with Gasteiger partial charge in [-0.05, 0) is 17.5 Å². The van der Waals surface area contributed by atoms with E-state index in [1.165, 1.54) is 0 Å². The summed E-state index contributed by atoms with van der Waals surface area (Å²) in [6, 6.07) is 5.90. The van der Waals surface area contributed by atoms with Gasteiger partial charge in [0.15, 0.2) is 11.5 Å². The van der Waals surface area contributed by atoms with Crippen LogP contribution in [0, 0.1) is 0 Å². The highest BCUT2D eigenvalue weighted by molar-refractivity contribution is 7.20. The highest BCUT2D eigenvalue weighted by Crippen LogP contribution is 2.36. The summed E-state index contributed by atoms with van der Waals surface area (Å²) in [5.41, 5.74) is 5.80. The summed E-state index contributed by atoms with van der Waals surface area (Å²) in [7, 11) is 4.93. The molecule has 0 fully saturated rings. The van der Waals surface area contributed by atoms with Crippen LogP contribution < -0.4 is 15.2 Å². The number of hydrogen-bond acceptors (Lipinski definition) is 4. The number of hydrogen-bond donors (Lipinski definition) is 1. The van der Waals surface area contributed by atoms with E-state index in [4.69, 9.17) is 15.2 Å². The summed E-state index contributed by atoms with van der Waals surface area (Å²) in [5, 5.41) is 1.08. The molecule has 2 rings (SSSR count). The zero-order valence-electron chi connectivity index (χ0n) is 10.4. The molecule has 1 aromatic heterocycles. The summed E-state index contributed by atoms with van der Waals surface area (Å²) >= 11 is 1.59. The van der Waals surface area contributed by atoms with Crippen molar-refractivity contribution in [1.82, 2.24) is 0 Å². The fraction of sp³-hybridized carbons (Fsp3) is 0.250. The maximum absolute atomic E-state index is 5.80. The van der Waals surface area contributed by atoms with Gasteiger partial charge < -0.3 is 15.2 Å². The zero-order valence-corrected chi connectivity index (χ0v) is 12.0. The monoisotopic (exact) mass is 286 g/mol. The summed E-state index contributed by atoms with van der Waals surface area (Å²) < 4.78 is 11.6. The lowest BCUT2D eigenvalue weighted by atomic mass is 10.2. The zero-order chi connectivity index (χ0) is 12.4. The van der Waals surface area contributed by atoms with E-state index < -0.39 is 0 Å². The fourth-order valence-electron chi connectivity index (χ4n) is 1.60. The van der Waals surface area contributed by atoms with Crippen LogP contribution in [0.3, 0.4) is 0 Å². The van der Waals surface area contributed by atoms with Crippen molar-refractivity contribution < 1.29 is 9.47 Å². The molecule has 0 aliphatic heterocycles. The van der Waals surface area contributed by atoms with Crippen molar-refractivity contribution in [2.24, 2.45) is 10.7 Å². The molecule has 0 aliphatic carbocycles. The maximum atomic E-state index is 5.80. The first kappa shape index (κ1) is 14.6. The van der Waals surface area contributed by atoms with Gasteiger partial charge in [0.2, 0.25) is 0 Å². The normalized spacial score (nSPS) is 11.2. The fourth-order valence-corrected chi connectivity index (χ4v) is 2.62. The minimum Gasteiger partial charge on any atom is -0.493 e. The van der Waals surface area contributed by atoms with E-state index >= 15 is 0 Å². The van der Waals surface area contributed by atoms with Crippen molar-refractivity contribution >= 4 is 39.7 Å². The van der Waals surface area contributed by atoms with E-state index in [-0.39, 0.29) is 12.4 Å². The third-order valence-electron chi connectivity index (χ3n) is 2.52. The van der Waals surface area contributed by atoms with Crippen LogP contribution in [0.2, 0.25) is 0 Å². The Kier molecular flexibility index (Phi) is 4.81. The van der Waals surface area contributed by atoms with E-state index in [0.717, 1.165) is 26.5 Å². The summed E-state index contributed by atoms with van der Waals surface area (Å²) in [6.45, 7) is 0. The van der Waals surface area contributed by atoms with Crippen molar-refractivity contribution in [1.29, 1.82) is 0 Å². The Bertz CT molecular complexity index is 540. The molecule has 2 aromatic rings. The lowest BCUT2D eigenvalue weighted by Gasteiger charge is -2.06. The first-order chi connectivity index (χ1) is 8.19. The Morgan fingerprint density at radius 2 is 1.78 bits per heavy atom. The predicted octanol–water partition coefficient (Wildman–Crippen LogP) is 2.68. The number of rotatable bonds is 3. The van der Waals surface area contributed by atoms with E-state index in [2.05, 4.69) is 4.99 Å². The van der Waals surface area contributed by atoms with Gasteiger partial charge in [0.05, 0.1) is 19.1 Å². The summed E-state index contributed by atoms with van der Waals surface area (Å²) in [5.74, 6) is 1.99. The quantitative estimate of drug-likeness (QED) is 0.697. The molecule has 0 aliphatic rings. The van der Waals surface area contributed by atoms with Gasteiger partial charge in [-0.15, -0.1) is 23.7 Å². The number of nitrogens with two attached hydrogens (primary N) is 1. The van der Waals surface area contributed by atoms with E-state index in [0.29, 0.717) is 5.84 Å². The second-order valence-corrected chi connectivity index (χ2v) is 4.55. The number of nitrogens with zero attached hydrogens (tertiary/aromatic N) is 1. The van der Waals surface area contributed by atoms with Gasteiger partial charge in [-0.25, -0.2) is 0 Å². The van der Waals surface area contributed by atoms with Crippen LogP contribution in [0.5, 0.6) is 11.5 Å². The van der Waals surface area contributed by atoms with Crippen LogP contribution in [0.4, 0.5) is 0 Å². The van der Waals surface area contributed by atoms with Crippen LogP contribution in [0.1, 0.15) is 4.88 Å². The van der Waals surface area contributed by atoms with Crippen molar-refractivity contribution in [2.75, 3.05) is 21.3 Å². The molecule has 0 amide bonds. The van der Waals surface area contributed by atoms with Gasteiger partial charge in [0, 0.05) is 17.8 Å². The molecular weight excluding hydrogens is 272 g/mol. The average Bonchev–Trinajstić information content (AvgIpc) is 2.78. The molecule has 1 heterocycles. The smallest absolute Gasteiger partial charge is 0.162 e. The number of amidine groups is 1. The van der Waals surface area contributed by atoms with Crippen molar-refractivity contribution in [3.8, 4) is 11.5 Å². The number of methoxy groups -OCH3 is 2. The number of ether oxygens (including phenoxy) is 2. The third kappa shape index (κ3) is 2.52. The molecule has 1 aromatic carbocycles. The molecule has 0 bridgehead atoms. The number of benzene rings is 1. The summed E-state index contributed by atoms with van der Waals surface area (Å²) in [6.07, 6.45) is 0. The van der Waals surface area contributed by atoms with Crippen LogP contribution in [0.25, 0.3) is 10.1 Å². The van der Waals surface area contributed by atoms with E-state index in [1.807, 2.05) is 18.2 Å². The van der Waals surface area contributed by atoms with Gasteiger partial charge in [-0.2, -0.15) is 0 Å². The van der Waals surface area contributed by atoms with Crippen LogP contribution >= 0.6 is 23.7 Å². The number of aliphatic imine (C=N–C) groups is 1. The topological polar surface area (TPSA) is 56.8 Å². The van der Waals surface area contributed by atoms with E-state index in [9.17, 15) is 0 Å². The van der Waals surface area contributed by atoms with Crippen molar-refractivity contribution in [3.05, 3.63) is 23.1 Å². The second kappa shape index (κ2) is 5.93. The van der Waals surface area contributed by atoms with Gasteiger partial charge in [-0.3, -0.25) is 4.99 Å². The van der Waals surface area contributed by atoms with Gasteiger partial charge in [0.25, 0.3) is 0 Å². The Morgan fingerprint density at radius 1 is 1.17 bits per heavy atom. The molecule has 2 N–H and O–H groups in total. The van der Waals surface area contributed by atoms with Crippen molar-refractivity contribution in [3.63, 3.8) is 0 Å². The van der Waals surface area contributed by atoms with Gasteiger partial charge >= 0.3 is 0 Å². The largest absolute Gasteiger partial charge is 0.493 e. The van der Waals surface area contributed by atoms with E-state index in [1.54, 1.807) is 32.6 Å². The van der Waals surface area contributed by atoms with Crippen molar-refractivity contribution in [2.45, 2.75) is 0 Å². The molecule has 6 heteroatoms. The highest BCUT2D eigenvalue weighted by atomic mass is 35.5. The minimum atomic E-state index is 0. The maximum Gasteiger partial charge on any atom is 0.162 e. The highest BCUT2D eigenvalue weighted by Gasteiger charge is 2.10. The first-order valence-electron chi connectivity index (χ1n) is 5.07. The molecule has 0 radical (unpaired) electrons. The number of fused-ring (bicyclic) bond motifs is 1. The Hall–Kier alpha value is -1.46. The molecular formula is C12H15ClN2O2S. The average molecular weight is 287 g/mol. The van der Waals surface area contributed by atoms with Crippen LogP contribution in [0.15, 0.2) is 23.2 Å². The molecule has 98 valence electrons. The molecule has 0 atom stereocenters. The molecule has 0 saturated carbocycles. The van der Waals surface area contributed by atoms with Crippen LogP contribution in [-0.4, -0.2) is 27.1 Å².